The maximum atomic E-state index is 13.3. The Balaban J connectivity index is 0.00000324. The van der Waals surface area contributed by atoms with Gasteiger partial charge in [-0.05, 0) is 60.0 Å². The molecule has 7 nitrogen and oxygen atoms in total. The van der Waals surface area contributed by atoms with Crippen molar-refractivity contribution in [2.24, 2.45) is 4.99 Å². The Labute approximate surface area is 214 Å². The van der Waals surface area contributed by atoms with Crippen molar-refractivity contribution in [1.29, 1.82) is 0 Å². The molecule has 0 aliphatic heterocycles. The van der Waals surface area contributed by atoms with E-state index in [2.05, 4.69) is 25.6 Å². The molecule has 2 aromatic heterocycles. The minimum absolute atomic E-state index is 0. The Morgan fingerprint density at radius 3 is 2.56 bits per heavy atom. The molecule has 9 heteroatoms. The second kappa shape index (κ2) is 12.2. The number of benzene rings is 2. The summed E-state index contributed by atoms with van der Waals surface area (Å²) in [7, 11) is 3.36. The highest BCUT2D eigenvalue weighted by Crippen LogP contribution is 2.22. The van der Waals surface area contributed by atoms with Crippen LogP contribution in [0.3, 0.4) is 0 Å². The van der Waals surface area contributed by atoms with Gasteiger partial charge in [-0.25, -0.2) is 9.37 Å². The van der Waals surface area contributed by atoms with Gasteiger partial charge in [0.05, 0.1) is 7.11 Å². The zero-order valence-corrected chi connectivity index (χ0v) is 21.3. The lowest BCUT2D eigenvalue weighted by molar-refractivity contribution is 0.412. The minimum atomic E-state index is -0.242. The summed E-state index contributed by atoms with van der Waals surface area (Å²) in [5, 5.41) is 7.61. The SMILES string of the molecule is CN=C(NCCc1c[nH]c2cc(F)ccc12)NCc1ccc(Oc2ccc(OC)cc2)nc1.I. The van der Waals surface area contributed by atoms with Gasteiger partial charge < -0.3 is 25.1 Å². The van der Waals surface area contributed by atoms with Gasteiger partial charge in [0.2, 0.25) is 5.88 Å². The third kappa shape index (κ3) is 6.60. The van der Waals surface area contributed by atoms with E-state index in [0.717, 1.165) is 34.2 Å². The zero-order valence-electron chi connectivity index (χ0n) is 19.0. The molecule has 2 aromatic carbocycles. The second-order valence-corrected chi connectivity index (χ2v) is 7.39. The molecular weight excluding hydrogens is 548 g/mol. The largest absolute Gasteiger partial charge is 0.497 e. The van der Waals surface area contributed by atoms with Gasteiger partial charge in [0, 0.05) is 49.5 Å². The maximum Gasteiger partial charge on any atom is 0.219 e. The van der Waals surface area contributed by atoms with Crippen LogP contribution in [0.1, 0.15) is 11.1 Å². The second-order valence-electron chi connectivity index (χ2n) is 7.39. The van der Waals surface area contributed by atoms with E-state index in [1.807, 2.05) is 42.6 Å². The Morgan fingerprint density at radius 2 is 1.85 bits per heavy atom. The van der Waals surface area contributed by atoms with E-state index in [0.29, 0.717) is 30.7 Å². The van der Waals surface area contributed by atoms with E-state index in [1.165, 1.54) is 12.1 Å². The lowest BCUT2D eigenvalue weighted by atomic mass is 10.1. The van der Waals surface area contributed by atoms with Crippen molar-refractivity contribution in [2.45, 2.75) is 13.0 Å². The number of pyridine rings is 1. The summed E-state index contributed by atoms with van der Waals surface area (Å²) in [6.07, 6.45) is 4.47. The van der Waals surface area contributed by atoms with Crippen molar-refractivity contribution < 1.29 is 13.9 Å². The highest BCUT2D eigenvalue weighted by Gasteiger charge is 2.06. The predicted molar refractivity (Wildman–Crippen MR) is 143 cm³/mol. The fourth-order valence-corrected chi connectivity index (χ4v) is 3.43. The molecule has 0 saturated heterocycles. The molecule has 0 saturated carbocycles. The number of guanidine groups is 1. The first kappa shape index (κ1) is 25.3. The van der Waals surface area contributed by atoms with E-state index < -0.39 is 0 Å². The number of nitrogens with one attached hydrogen (secondary N) is 3. The van der Waals surface area contributed by atoms with E-state index in [9.17, 15) is 4.39 Å². The molecule has 0 aliphatic rings. The molecule has 0 unspecified atom stereocenters. The number of H-pyrrole nitrogens is 1. The molecule has 34 heavy (non-hydrogen) atoms. The van der Waals surface area contributed by atoms with E-state index in [1.54, 1.807) is 26.4 Å². The van der Waals surface area contributed by atoms with Crippen LogP contribution in [0.2, 0.25) is 0 Å². The molecule has 4 aromatic rings. The fourth-order valence-electron chi connectivity index (χ4n) is 3.43. The van der Waals surface area contributed by atoms with E-state index in [-0.39, 0.29) is 29.8 Å². The number of aromatic amines is 1. The summed E-state index contributed by atoms with van der Waals surface area (Å²) in [6.45, 7) is 1.26. The van der Waals surface area contributed by atoms with Crippen LogP contribution in [-0.2, 0) is 13.0 Å². The smallest absolute Gasteiger partial charge is 0.219 e. The van der Waals surface area contributed by atoms with Crippen LogP contribution in [0.25, 0.3) is 10.9 Å². The summed E-state index contributed by atoms with van der Waals surface area (Å²) in [5.74, 6) is 2.44. The van der Waals surface area contributed by atoms with Crippen LogP contribution in [0.4, 0.5) is 4.39 Å². The van der Waals surface area contributed by atoms with Crippen LogP contribution in [0, 0.1) is 5.82 Å². The standard InChI is InChI=1S/C25H26FN5O2.HI/c1-27-25(28-12-11-18-16-29-23-13-19(26)4-9-22(18)23)31-15-17-3-10-24(30-14-17)33-21-7-5-20(32-2)6-8-21;/h3-10,13-14,16,29H,11-12,15H2,1-2H3,(H2,27,28,31);1H. The predicted octanol–water partition coefficient (Wildman–Crippen LogP) is 5.03. The summed E-state index contributed by atoms with van der Waals surface area (Å²) >= 11 is 0. The van der Waals surface area contributed by atoms with Crippen LogP contribution in [0.15, 0.2) is 72.0 Å². The van der Waals surface area contributed by atoms with Crippen LogP contribution in [0.5, 0.6) is 17.4 Å². The average Bonchev–Trinajstić information content (AvgIpc) is 3.24. The Kier molecular flexibility index (Phi) is 9.08. The number of hydrogen-bond donors (Lipinski definition) is 3. The molecule has 178 valence electrons. The van der Waals surface area contributed by atoms with Gasteiger partial charge >= 0.3 is 0 Å². The molecule has 0 spiro atoms. The van der Waals surface area contributed by atoms with Crippen LogP contribution < -0.4 is 20.1 Å². The van der Waals surface area contributed by atoms with E-state index in [4.69, 9.17) is 9.47 Å². The molecule has 0 radical (unpaired) electrons. The maximum absolute atomic E-state index is 13.3. The highest BCUT2D eigenvalue weighted by molar-refractivity contribution is 14.0. The molecule has 0 bridgehead atoms. The highest BCUT2D eigenvalue weighted by atomic mass is 127. The van der Waals surface area contributed by atoms with Crippen LogP contribution >= 0.6 is 24.0 Å². The fraction of sp³-hybridized carbons (Fsp3) is 0.200. The third-order valence-electron chi connectivity index (χ3n) is 5.18. The summed E-state index contributed by atoms with van der Waals surface area (Å²) in [5.41, 5.74) is 2.93. The van der Waals surface area contributed by atoms with Crippen molar-refractivity contribution in [3.63, 3.8) is 0 Å². The van der Waals surface area contributed by atoms with Crippen molar-refractivity contribution in [3.05, 3.63) is 83.9 Å². The lowest BCUT2D eigenvalue weighted by Crippen LogP contribution is -2.37. The number of ether oxygens (including phenoxy) is 2. The van der Waals surface area contributed by atoms with Crippen LogP contribution in [-0.4, -0.2) is 36.6 Å². The van der Waals surface area contributed by atoms with Crippen molar-refractivity contribution in [2.75, 3.05) is 20.7 Å². The Hall–Kier alpha value is -3.34. The quantitative estimate of drug-likeness (QED) is 0.156. The summed E-state index contributed by atoms with van der Waals surface area (Å²) in [4.78, 5) is 11.7. The van der Waals surface area contributed by atoms with Gasteiger partial charge in [-0.2, -0.15) is 0 Å². The third-order valence-corrected chi connectivity index (χ3v) is 5.18. The van der Waals surface area contributed by atoms with Crippen molar-refractivity contribution in [1.82, 2.24) is 20.6 Å². The number of halogens is 2. The number of methoxy groups -OCH3 is 1. The van der Waals surface area contributed by atoms with Gasteiger partial charge in [-0.3, -0.25) is 4.99 Å². The average molecular weight is 575 g/mol. The number of aromatic nitrogens is 2. The molecular formula is C25H27FIN5O2. The Bertz CT molecular complexity index is 1230. The minimum Gasteiger partial charge on any atom is -0.497 e. The van der Waals surface area contributed by atoms with Crippen molar-refractivity contribution >= 4 is 40.8 Å². The topological polar surface area (TPSA) is 83.6 Å². The normalized spacial score (nSPS) is 11.1. The number of aliphatic imine (C=N–C) groups is 1. The summed E-state index contributed by atoms with van der Waals surface area (Å²) < 4.78 is 24.3. The molecule has 0 amide bonds. The molecule has 0 atom stereocenters. The summed E-state index contributed by atoms with van der Waals surface area (Å²) in [6, 6.07) is 15.9. The van der Waals surface area contributed by atoms with Gasteiger partial charge in [0.25, 0.3) is 0 Å². The first-order valence-corrected chi connectivity index (χ1v) is 10.6. The molecule has 4 rings (SSSR count). The molecule has 2 heterocycles. The van der Waals surface area contributed by atoms with E-state index >= 15 is 0 Å². The first-order chi connectivity index (χ1) is 16.1. The van der Waals surface area contributed by atoms with Gasteiger partial charge in [0.15, 0.2) is 5.96 Å². The lowest BCUT2D eigenvalue weighted by Gasteiger charge is -2.12. The van der Waals surface area contributed by atoms with Gasteiger partial charge in [0.1, 0.15) is 17.3 Å². The van der Waals surface area contributed by atoms with Gasteiger partial charge in [-0.1, -0.05) is 6.07 Å². The molecule has 0 aliphatic carbocycles. The number of rotatable bonds is 8. The molecule has 3 N–H and O–H groups in total. The number of fused-ring (bicyclic) bond motifs is 1. The van der Waals surface area contributed by atoms with Gasteiger partial charge in [-0.15, -0.1) is 24.0 Å². The van der Waals surface area contributed by atoms with Crippen molar-refractivity contribution in [3.8, 4) is 17.4 Å². The molecule has 0 fully saturated rings. The Morgan fingerprint density at radius 1 is 1.06 bits per heavy atom. The number of hydrogen-bond acceptors (Lipinski definition) is 4. The monoisotopic (exact) mass is 575 g/mol. The number of nitrogens with zero attached hydrogens (tertiary/aromatic N) is 2. The zero-order chi connectivity index (χ0) is 23.0. The first-order valence-electron chi connectivity index (χ1n) is 10.6.